The van der Waals surface area contributed by atoms with E-state index in [0.717, 1.165) is 18.2 Å². The first-order valence-corrected chi connectivity index (χ1v) is 8.19. The lowest BCUT2D eigenvalue weighted by molar-refractivity contribution is -0.131. The molecular formula is C20H19FN2O4. The minimum atomic E-state index is -0.978. The van der Waals surface area contributed by atoms with Crippen LogP contribution < -0.4 is 10.6 Å². The number of anilines is 2. The molecule has 140 valence electrons. The smallest absolute Gasteiger partial charge is 0.296 e. The Morgan fingerprint density at radius 2 is 1.59 bits per heavy atom. The fraction of sp³-hybridized carbons (Fsp3) is 0.150. The van der Waals surface area contributed by atoms with Gasteiger partial charge < -0.3 is 15.7 Å². The van der Waals surface area contributed by atoms with Crippen molar-refractivity contribution in [2.75, 3.05) is 10.6 Å². The van der Waals surface area contributed by atoms with E-state index in [9.17, 15) is 23.9 Å². The molecule has 6 nitrogen and oxygen atoms in total. The number of rotatable bonds is 6. The standard InChI is InChI=1S/C20H19FN2O4/c1-12(2)19(26)22-15-4-3-5-16(10-15)23-20(27)18(25)11-17(24)13-6-8-14(21)9-7-13/h3-12,24H,1-2H3,(H,22,26)(H,23,27)/b17-11-. The molecule has 0 spiro atoms. The number of benzene rings is 2. The quantitative estimate of drug-likeness (QED) is 0.412. The van der Waals surface area contributed by atoms with Gasteiger partial charge in [0, 0.05) is 28.9 Å². The van der Waals surface area contributed by atoms with Gasteiger partial charge in [-0.25, -0.2) is 4.39 Å². The van der Waals surface area contributed by atoms with Crippen LogP contribution in [0.5, 0.6) is 0 Å². The van der Waals surface area contributed by atoms with Crippen LogP contribution in [0.3, 0.4) is 0 Å². The SMILES string of the molecule is CC(C)C(=O)Nc1cccc(NC(=O)C(=O)/C=C(\O)c2ccc(F)cc2)c1. The van der Waals surface area contributed by atoms with E-state index in [1.807, 2.05) is 0 Å². The highest BCUT2D eigenvalue weighted by Gasteiger charge is 2.14. The Kier molecular flexibility index (Phi) is 6.43. The fourth-order valence-corrected chi connectivity index (χ4v) is 2.05. The molecule has 2 rings (SSSR count). The van der Waals surface area contributed by atoms with Gasteiger partial charge in [0.15, 0.2) is 0 Å². The Balaban J connectivity index is 2.05. The minimum Gasteiger partial charge on any atom is -0.507 e. The highest BCUT2D eigenvalue weighted by Crippen LogP contribution is 2.17. The lowest BCUT2D eigenvalue weighted by atomic mass is 10.1. The zero-order valence-corrected chi connectivity index (χ0v) is 14.8. The summed E-state index contributed by atoms with van der Waals surface area (Å²) in [6.07, 6.45) is 0.757. The maximum atomic E-state index is 12.9. The lowest BCUT2D eigenvalue weighted by Crippen LogP contribution is -2.21. The molecule has 2 amide bonds. The molecule has 0 aliphatic carbocycles. The number of nitrogens with one attached hydrogen (secondary N) is 2. The molecule has 0 aliphatic heterocycles. The van der Waals surface area contributed by atoms with Crippen molar-refractivity contribution in [1.82, 2.24) is 0 Å². The normalized spacial score (nSPS) is 11.2. The van der Waals surface area contributed by atoms with Gasteiger partial charge in [-0.05, 0) is 42.5 Å². The van der Waals surface area contributed by atoms with Crippen molar-refractivity contribution in [2.24, 2.45) is 5.92 Å². The number of carbonyl (C=O) groups is 3. The zero-order valence-electron chi connectivity index (χ0n) is 14.8. The predicted octanol–water partition coefficient (Wildman–Crippen LogP) is 3.53. The van der Waals surface area contributed by atoms with E-state index >= 15 is 0 Å². The molecule has 0 aromatic heterocycles. The number of aliphatic hydroxyl groups is 1. The van der Waals surface area contributed by atoms with Crippen molar-refractivity contribution >= 4 is 34.7 Å². The molecule has 0 bridgehead atoms. The molecule has 0 fully saturated rings. The first-order valence-electron chi connectivity index (χ1n) is 8.19. The number of hydrogen-bond donors (Lipinski definition) is 3. The third-order valence-corrected chi connectivity index (χ3v) is 3.54. The van der Waals surface area contributed by atoms with Crippen molar-refractivity contribution in [3.05, 3.63) is 66.0 Å². The van der Waals surface area contributed by atoms with Crippen molar-refractivity contribution in [3.8, 4) is 0 Å². The molecule has 0 unspecified atom stereocenters. The maximum absolute atomic E-state index is 12.9. The van der Waals surface area contributed by atoms with Crippen molar-refractivity contribution in [1.29, 1.82) is 0 Å². The van der Waals surface area contributed by atoms with Crippen LogP contribution in [0.25, 0.3) is 5.76 Å². The molecule has 3 N–H and O–H groups in total. The fourth-order valence-electron chi connectivity index (χ4n) is 2.05. The summed E-state index contributed by atoms with van der Waals surface area (Å²) >= 11 is 0. The van der Waals surface area contributed by atoms with Crippen molar-refractivity contribution in [3.63, 3.8) is 0 Å². The summed E-state index contributed by atoms with van der Waals surface area (Å²) in [7, 11) is 0. The summed E-state index contributed by atoms with van der Waals surface area (Å²) in [6.45, 7) is 3.50. The van der Waals surface area contributed by atoms with Gasteiger partial charge in [-0.2, -0.15) is 0 Å². The van der Waals surface area contributed by atoms with Crippen LogP contribution in [0.15, 0.2) is 54.6 Å². The number of ketones is 1. The summed E-state index contributed by atoms with van der Waals surface area (Å²) in [4.78, 5) is 35.7. The average Bonchev–Trinajstić information content (AvgIpc) is 2.62. The van der Waals surface area contributed by atoms with Crippen LogP contribution in [-0.2, 0) is 14.4 Å². The van der Waals surface area contributed by atoms with Gasteiger partial charge in [-0.3, -0.25) is 14.4 Å². The van der Waals surface area contributed by atoms with E-state index in [1.54, 1.807) is 32.0 Å². The van der Waals surface area contributed by atoms with Crippen LogP contribution in [0.1, 0.15) is 19.4 Å². The molecule has 0 saturated heterocycles. The van der Waals surface area contributed by atoms with E-state index in [4.69, 9.17) is 0 Å². The van der Waals surface area contributed by atoms with Crippen LogP contribution >= 0.6 is 0 Å². The van der Waals surface area contributed by atoms with Gasteiger partial charge in [-0.1, -0.05) is 19.9 Å². The molecule has 0 heterocycles. The van der Waals surface area contributed by atoms with Gasteiger partial charge in [0.25, 0.3) is 5.91 Å². The first-order chi connectivity index (χ1) is 12.8. The van der Waals surface area contributed by atoms with E-state index in [1.165, 1.54) is 18.2 Å². The van der Waals surface area contributed by atoms with Gasteiger partial charge in [0.05, 0.1) is 0 Å². The minimum absolute atomic E-state index is 0.179. The summed E-state index contributed by atoms with van der Waals surface area (Å²) < 4.78 is 12.9. The second kappa shape index (κ2) is 8.75. The zero-order chi connectivity index (χ0) is 20.0. The number of hydrogen-bond acceptors (Lipinski definition) is 4. The van der Waals surface area contributed by atoms with Crippen molar-refractivity contribution in [2.45, 2.75) is 13.8 Å². The van der Waals surface area contributed by atoms with Crippen LogP contribution in [0.4, 0.5) is 15.8 Å². The summed E-state index contributed by atoms with van der Waals surface area (Å²) in [5.74, 6) is -3.26. The van der Waals surface area contributed by atoms with E-state index in [0.29, 0.717) is 11.4 Å². The largest absolute Gasteiger partial charge is 0.507 e. The molecule has 2 aromatic rings. The topological polar surface area (TPSA) is 95.5 Å². The first kappa shape index (κ1) is 19.8. The number of halogens is 1. The Hall–Kier alpha value is -3.48. The second-order valence-corrected chi connectivity index (χ2v) is 6.08. The molecule has 0 atom stereocenters. The van der Waals surface area contributed by atoms with Gasteiger partial charge in [0.2, 0.25) is 11.7 Å². The molecule has 7 heteroatoms. The monoisotopic (exact) mass is 370 g/mol. The third kappa shape index (κ3) is 5.78. The molecule has 27 heavy (non-hydrogen) atoms. The van der Waals surface area contributed by atoms with Gasteiger partial charge >= 0.3 is 0 Å². The highest BCUT2D eigenvalue weighted by atomic mass is 19.1. The lowest BCUT2D eigenvalue weighted by Gasteiger charge is -2.09. The van der Waals surface area contributed by atoms with E-state index in [-0.39, 0.29) is 17.4 Å². The predicted molar refractivity (Wildman–Crippen MR) is 101 cm³/mol. The number of aliphatic hydroxyl groups excluding tert-OH is 1. The summed E-state index contributed by atoms with van der Waals surface area (Å²) in [6, 6.07) is 11.1. The van der Waals surface area contributed by atoms with Gasteiger partial charge in [0.1, 0.15) is 11.6 Å². The second-order valence-electron chi connectivity index (χ2n) is 6.08. The Labute approximate surface area is 155 Å². The highest BCUT2D eigenvalue weighted by molar-refractivity contribution is 6.45. The van der Waals surface area contributed by atoms with Crippen LogP contribution in [-0.4, -0.2) is 22.7 Å². The Bertz CT molecular complexity index is 889. The third-order valence-electron chi connectivity index (χ3n) is 3.54. The summed E-state index contributed by atoms with van der Waals surface area (Å²) in [5, 5.41) is 15.0. The van der Waals surface area contributed by atoms with E-state index in [2.05, 4.69) is 10.6 Å². The van der Waals surface area contributed by atoms with Gasteiger partial charge in [-0.15, -0.1) is 0 Å². The van der Waals surface area contributed by atoms with Crippen LogP contribution in [0.2, 0.25) is 0 Å². The number of amides is 2. The maximum Gasteiger partial charge on any atom is 0.296 e. The molecule has 0 radical (unpaired) electrons. The molecular weight excluding hydrogens is 351 g/mol. The average molecular weight is 370 g/mol. The van der Waals surface area contributed by atoms with E-state index < -0.39 is 23.3 Å². The molecule has 2 aromatic carbocycles. The summed E-state index contributed by atoms with van der Waals surface area (Å²) in [5.41, 5.74) is 0.990. The van der Waals surface area contributed by atoms with Crippen LogP contribution in [0, 0.1) is 11.7 Å². The Morgan fingerprint density at radius 1 is 1.00 bits per heavy atom. The molecule has 0 aliphatic rings. The molecule has 0 saturated carbocycles. The number of carbonyl (C=O) groups excluding carboxylic acids is 3. The Morgan fingerprint density at radius 3 is 2.19 bits per heavy atom. The van der Waals surface area contributed by atoms with Crippen molar-refractivity contribution < 1.29 is 23.9 Å².